The van der Waals surface area contributed by atoms with Crippen LogP contribution in [0, 0.1) is 0 Å². The number of thiocarbonyl (C=S) groups is 1. The predicted molar refractivity (Wildman–Crippen MR) is 156 cm³/mol. The van der Waals surface area contributed by atoms with E-state index in [9.17, 15) is 9.59 Å². The van der Waals surface area contributed by atoms with Crippen LogP contribution in [0.25, 0.3) is 23.0 Å². The van der Waals surface area contributed by atoms with E-state index in [1.807, 2.05) is 67.7 Å². The van der Waals surface area contributed by atoms with Gasteiger partial charge in [-0.1, -0.05) is 67.1 Å². The smallest absolute Gasteiger partial charge is 0.303 e. The van der Waals surface area contributed by atoms with Gasteiger partial charge >= 0.3 is 5.97 Å². The molecule has 1 N–H and O–H groups in total. The fourth-order valence-corrected chi connectivity index (χ4v) is 5.50. The van der Waals surface area contributed by atoms with Crippen LogP contribution in [0.2, 0.25) is 5.02 Å². The summed E-state index contributed by atoms with van der Waals surface area (Å²) >= 11 is 13.3. The average molecular weight is 570 g/mol. The third kappa shape index (κ3) is 6.83. The third-order valence-corrected chi connectivity index (χ3v) is 7.54. The van der Waals surface area contributed by atoms with Gasteiger partial charge in [-0.15, -0.1) is 0 Å². The van der Waals surface area contributed by atoms with Crippen molar-refractivity contribution in [2.45, 2.75) is 39.0 Å². The topological polar surface area (TPSA) is 84.7 Å². The van der Waals surface area contributed by atoms with E-state index in [-0.39, 0.29) is 12.3 Å². The lowest BCUT2D eigenvalue weighted by molar-refractivity contribution is -0.137. The Morgan fingerprint density at radius 2 is 1.97 bits per heavy atom. The molecule has 1 aromatic heterocycles. The molecule has 3 aromatic rings. The highest BCUT2D eigenvalue weighted by atomic mass is 35.5. The molecular weight excluding hydrogens is 542 g/mol. The van der Waals surface area contributed by atoms with Gasteiger partial charge in [0.1, 0.15) is 15.8 Å². The number of halogens is 1. The minimum Gasteiger partial charge on any atom is -0.492 e. The van der Waals surface area contributed by atoms with Crippen molar-refractivity contribution >= 4 is 57.9 Å². The van der Waals surface area contributed by atoms with E-state index >= 15 is 0 Å². The van der Waals surface area contributed by atoms with Crippen LogP contribution in [0.3, 0.4) is 0 Å². The standard InChI is InChI=1S/C28H28ClN3O4S2/c1-2-15-36-23-13-12-19(16-22(23)29)26-20(18-32(30-26)21-9-5-3-6-10-21)17-24-27(35)31(28(37)38-24)14-8-4-7-11-25(33)34/h3,5-6,9-10,12-13,16-18H,2,4,7-8,11,14-15H2,1H3,(H,33,34). The summed E-state index contributed by atoms with van der Waals surface area (Å²) in [5.74, 6) is -0.349. The van der Waals surface area contributed by atoms with E-state index in [2.05, 4.69) is 0 Å². The summed E-state index contributed by atoms with van der Waals surface area (Å²) in [4.78, 5) is 26.0. The Kier molecular flexibility index (Phi) is 9.60. The van der Waals surface area contributed by atoms with E-state index < -0.39 is 5.97 Å². The molecule has 0 aliphatic carbocycles. The number of rotatable bonds is 12. The van der Waals surface area contributed by atoms with Gasteiger partial charge in [0.05, 0.1) is 22.2 Å². The van der Waals surface area contributed by atoms with Crippen LogP contribution in [-0.4, -0.2) is 49.1 Å². The minimum absolute atomic E-state index is 0.127. The Hall–Kier alpha value is -3.14. The zero-order chi connectivity index (χ0) is 27.1. The van der Waals surface area contributed by atoms with Gasteiger partial charge in [0.2, 0.25) is 0 Å². The Morgan fingerprint density at radius 1 is 1.18 bits per heavy atom. The first-order valence-electron chi connectivity index (χ1n) is 12.4. The number of unbranched alkanes of at least 4 members (excludes halogenated alkanes) is 2. The molecule has 4 rings (SSSR count). The van der Waals surface area contributed by atoms with Crippen molar-refractivity contribution in [1.29, 1.82) is 0 Å². The molecule has 0 saturated carbocycles. The Balaban J connectivity index is 1.62. The van der Waals surface area contributed by atoms with Gasteiger partial charge in [0, 0.05) is 30.3 Å². The fourth-order valence-electron chi connectivity index (χ4n) is 3.96. The number of ether oxygens (including phenoxy) is 1. The van der Waals surface area contributed by atoms with Crippen molar-refractivity contribution in [2.24, 2.45) is 0 Å². The molecule has 0 atom stereocenters. The van der Waals surface area contributed by atoms with Gasteiger partial charge in [-0.2, -0.15) is 5.10 Å². The highest BCUT2D eigenvalue weighted by Gasteiger charge is 2.32. The lowest BCUT2D eigenvalue weighted by atomic mass is 10.1. The first-order chi connectivity index (χ1) is 18.4. The van der Waals surface area contributed by atoms with Crippen molar-refractivity contribution < 1.29 is 19.4 Å². The molecular formula is C28H28ClN3O4S2. The van der Waals surface area contributed by atoms with Crippen LogP contribution in [0.1, 0.15) is 44.6 Å². The van der Waals surface area contributed by atoms with Crippen LogP contribution in [0.4, 0.5) is 0 Å². The van der Waals surface area contributed by atoms with Crippen molar-refractivity contribution in [3.05, 3.63) is 70.2 Å². The number of carboxylic acids is 1. The van der Waals surface area contributed by atoms with E-state index in [4.69, 9.17) is 38.8 Å². The molecule has 2 heterocycles. The summed E-state index contributed by atoms with van der Waals surface area (Å²) < 4.78 is 7.99. The van der Waals surface area contributed by atoms with E-state index in [1.54, 1.807) is 9.58 Å². The number of amides is 1. The normalized spacial score (nSPS) is 14.5. The number of aliphatic carboxylic acids is 1. The molecule has 0 unspecified atom stereocenters. The quantitative estimate of drug-likeness (QED) is 0.145. The second kappa shape index (κ2) is 13.1. The van der Waals surface area contributed by atoms with E-state index in [0.29, 0.717) is 51.7 Å². The first kappa shape index (κ1) is 27.9. The van der Waals surface area contributed by atoms with Crippen molar-refractivity contribution in [2.75, 3.05) is 13.2 Å². The number of hydrogen-bond acceptors (Lipinski definition) is 6. The third-order valence-electron chi connectivity index (χ3n) is 5.86. The Bertz CT molecular complexity index is 1360. The number of thioether (sulfide) groups is 1. The maximum absolute atomic E-state index is 13.2. The van der Waals surface area contributed by atoms with Crippen LogP contribution in [0.15, 0.2) is 59.6 Å². The number of benzene rings is 2. The molecule has 1 aliphatic heterocycles. The maximum atomic E-state index is 13.2. The van der Waals surface area contributed by atoms with Gasteiger partial charge in [-0.05, 0) is 55.7 Å². The number of carbonyl (C=O) groups is 2. The SMILES string of the molecule is CCCOc1ccc(-c2nn(-c3ccccc3)cc2C=C2SC(=S)N(CCCCCC(=O)O)C2=O)cc1Cl. The maximum Gasteiger partial charge on any atom is 0.303 e. The summed E-state index contributed by atoms with van der Waals surface area (Å²) in [5.41, 5.74) is 3.12. The monoisotopic (exact) mass is 569 g/mol. The second-order valence-corrected chi connectivity index (χ2v) is 10.8. The van der Waals surface area contributed by atoms with Crippen LogP contribution >= 0.6 is 35.6 Å². The lowest BCUT2D eigenvalue weighted by Gasteiger charge is -2.13. The highest BCUT2D eigenvalue weighted by molar-refractivity contribution is 8.26. The first-order valence-corrected chi connectivity index (χ1v) is 14.0. The number of carboxylic acid groups (broad SMARTS) is 1. The van der Waals surface area contributed by atoms with Gasteiger partial charge in [-0.25, -0.2) is 4.68 Å². The van der Waals surface area contributed by atoms with Crippen LogP contribution in [-0.2, 0) is 9.59 Å². The predicted octanol–water partition coefficient (Wildman–Crippen LogP) is 6.83. The van der Waals surface area contributed by atoms with Crippen molar-refractivity contribution in [3.63, 3.8) is 0 Å². The van der Waals surface area contributed by atoms with Crippen LogP contribution < -0.4 is 4.74 Å². The van der Waals surface area contributed by atoms with Gasteiger partial charge in [0.15, 0.2) is 0 Å². The lowest BCUT2D eigenvalue weighted by Crippen LogP contribution is -2.29. The van der Waals surface area contributed by atoms with Gasteiger partial charge in [-0.3, -0.25) is 14.5 Å². The molecule has 198 valence electrons. The summed E-state index contributed by atoms with van der Waals surface area (Å²) in [6.07, 6.45) is 6.70. The van der Waals surface area contributed by atoms with E-state index in [0.717, 1.165) is 29.7 Å². The number of hydrogen-bond donors (Lipinski definition) is 1. The summed E-state index contributed by atoms with van der Waals surface area (Å²) in [7, 11) is 0. The summed E-state index contributed by atoms with van der Waals surface area (Å²) in [6, 6.07) is 15.3. The molecule has 7 nitrogen and oxygen atoms in total. The summed E-state index contributed by atoms with van der Waals surface area (Å²) in [6.45, 7) is 3.08. The molecule has 1 saturated heterocycles. The summed E-state index contributed by atoms with van der Waals surface area (Å²) in [5, 5.41) is 14.1. The number of nitrogens with zero attached hydrogens (tertiary/aromatic N) is 3. The molecule has 0 radical (unpaired) electrons. The zero-order valence-electron chi connectivity index (χ0n) is 20.9. The van der Waals surface area contributed by atoms with Crippen molar-refractivity contribution in [3.8, 4) is 22.7 Å². The van der Waals surface area contributed by atoms with Gasteiger partial charge in [0.25, 0.3) is 5.91 Å². The van der Waals surface area contributed by atoms with Crippen molar-refractivity contribution in [1.82, 2.24) is 14.7 Å². The Morgan fingerprint density at radius 3 is 2.68 bits per heavy atom. The number of carbonyl (C=O) groups excluding carboxylic acids is 1. The van der Waals surface area contributed by atoms with E-state index in [1.165, 1.54) is 11.8 Å². The van der Waals surface area contributed by atoms with Crippen LogP contribution in [0.5, 0.6) is 5.75 Å². The fraction of sp³-hybridized carbons (Fsp3) is 0.286. The molecule has 2 aromatic carbocycles. The molecule has 1 fully saturated rings. The molecule has 10 heteroatoms. The molecule has 0 bridgehead atoms. The highest BCUT2D eigenvalue weighted by Crippen LogP contribution is 2.36. The Labute approximate surface area is 236 Å². The molecule has 1 amide bonds. The average Bonchev–Trinajstić information content (AvgIpc) is 3.44. The largest absolute Gasteiger partial charge is 0.492 e. The zero-order valence-corrected chi connectivity index (χ0v) is 23.3. The minimum atomic E-state index is -0.810. The number of para-hydroxylation sites is 1. The molecule has 0 spiro atoms. The molecule has 38 heavy (non-hydrogen) atoms. The second-order valence-electron chi connectivity index (χ2n) is 8.74. The number of aromatic nitrogens is 2. The van der Waals surface area contributed by atoms with Gasteiger partial charge < -0.3 is 9.84 Å². The molecule has 1 aliphatic rings.